The number of sulfonamides is 1. The van der Waals surface area contributed by atoms with E-state index in [1.54, 1.807) is 49.6 Å². The molecule has 2 aromatic carbocycles. The van der Waals surface area contributed by atoms with Gasteiger partial charge < -0.3 is 9.64 Å². The molecule has 0 saturated heterocycles. The highest BCUT2D eigenvalue weighted by molar-refractivity contribution is 7.92. The topological polar surface area (TPSA) is 79.8 Å². The monoisotopic (exact) mass is 485 g/mol. The van der Waals surface area contributed by atoms with Crippen LogP contribution in [-0.2, 0) is 16.6 Å². The van der Waals surface area contributed by atoms with Gasteiger partial charge in [-0.15, -0.1) is 6.58 Å². The third kappa shape index (κ3) is 5.35. The second-order valence-electron chi connectivity index (χ2n) is 7.12. The average molecular weight is 486 g/mol. The highest BCUT2D eigenvalue weighted by Crippen LogP contribution is 2.33. The first-order valence-electron chi connectivity index (χ1n) is 10.0. The molecule has 7 nitrogen and oxygen atoms in total. The van der Waals surface area contributed by atoms with Crippen LogP contribution in [0.15, 0.2) is 84.4 Å². The molecule has 0 radical (unpaired) electrons. The normalized spacial score (nSPS) is 11.0. The van der Waals surface area contributed by atoms with E-state index in [4.69, 9.17) is 16.3 Å². The highest BCUT2D eigenvalue weighted by Gasteiger charge is 2.28. The molecule has 0 unspecified atom stereocenters. The molecule has 1 amide bonds. The number of aromatic nitrogens is 1. The molecule has 3 rings (SSSR count). The first-order chi connectivity index (χ1) is 15.8. The first kappa shape index (κ1) is 24.3. The minimum Gasteiger partial charge on any atom is -0.495 e. The van der Waals surface area contributed by atoms with Crippen LogP contribution in [0.2, 0.25) is 5.02 Å². The van der Waals surface area contributed by atoms with Crippen LogP contribution in [0.25, 0.3) is 0 Å². The number of methoxy groups -OCH3 is 1. The van der Waals surface area contributed by atoms with Crippen molar-refractivity contribution in [3.8, 4) is 5.75 Å². The van der Waals surface area contributed by atoms with E-state index >= 15 is 0 Å². The molecular formula is C24H24ClN3O4S. The Hall–Kier alpha value is -3.36. The highest BCUT2D eigenvalue weighted by atomic mass is 35.5. The van der Waals surface area contributed by atoms with E-state index in [0.29, 0.717) is 17.1 Å². The molecule has 0 bridgehead atoms. The van der Waals surface area contributed by atoms with Crippen molar-refractivity contribution in [1.29, 1.82) is 0 Å². The number of hydrogen-bond acceptors (Lipinski definition) is 5. The first-order valence-corrected chi connectivity index (χ1v) is 11.8. The van der Waals surface area contributed by atoms with Crippen LogP contribution in [0, 0.1) is 0 Å². The van der Waals surface area contributed by atoms with Crippen molar-refractivity contribution >= 4 is 33.2 Å². The van der Waals surface area contributed by atoms with Gasteiger partial charge in [-0.2, -0.15) is 0 Å². The lowest BCUT2D eigenvalue weighted by Gasteiger charge is -2.25. The van der Waals surface area contributed by atoms with E-state index < -0.39 is 15.9 Å². The number of anilines is 1. The van der Waals surface area contributed by atoms with Crippen molar-refractivity contribution in [2.75, 3.05) is 25.0 Å². The number of hydrogen-bond donors (Lipinski definition) is 0. The molecular weight excluding hydrogens is 462 g/mol. The van der Waals surface area contributed by atoms with Crippen molar-refractivity contribution in [2.24, 2.45) is 0 Å². The minimum atomic E-state index is -4.07. The van der Waals surface area contributed by atoms with Gasteiger partial charge in [-0.1, -0.05) is 35.9 Å². The van der Waals surface area contributed by atoms with E-state index in [2.05, 4.69) is 11.6 Å². The van der Waals surface area contributed by atoms with Crippen LogP contribution >= 0.6 is 11.6 Å². The Kier molecular flexibility index (Phi) is 7.73. The molecule has 0 aliphatic rings. The van der Waals surface area contributed by atoms with E-state index in [0.717, 1.165) is 0 Å². The number of halogens is 1. The molecule has 0 saturated carbocycles. The largest absolute Gasteiger partial charge is 0.495 e. The van der Waals surface area contributed by atoms with Crippen LogP contribution in [0.1, 0.15) is 16.1 Å². The number of carbonyl (C=O) groups excluding carboxylic acids is 1. The van der Waals surface area contributed by atoms with Gasteiger partial charge in [0.1, 0.15) is 5.75 Å². The second kappa shape index (κ2) is 10.5. The van der Waals surface area contributed by atoms with Gasteiger partial charge in [0.15, 0.2) is 0 Å². The molecule has 33 heavy (non-hydrogen) atoms. The summed E-state index contributed by atoms with van der Waals surface area (Å²) in [5, 5.41) is 0.152. The fourth-order valence-corrected chi connectivity index (χ4v) is 4.92. The van der Waals surface area contributed by atoms with Gasteiger partial charge in [-0.25, -0.2) is 8.42 Å². The lowest BCUT2D eigenvalue weighted by molar-refractivity contribution is 0.0783. The summed E-state index contributed by atoms with van der Waals surface area (Å²) in [6.45, 7) is 3.93. The van der Waals surface area contributed by atoms with Gasteiger partial charge in [0, 0.05) is 13.2 Å². The van der Waals surface area contributed by atoms with Gasteiger partial charge >= 0.3 is 0 Å². The Morgan fingerprint density at radius 1 is 1.15 bits per heavy atom. The summed E-state index contributed by atoms with van der Waals surface area (Å²) in [7, 11) is -0.995. The van der Waals surface area contributed by atoms with Gasteiger partial charge in [0.05, 0.1) is 47.1 Å². The molecule has 0 aliphatic heterocycles. The molecule has 9 heteroatoms. The summed E-state index contributed by atoms with van der Waals surface area (Å²) in [6.07, 6.45) is 3.12. The van der Waals surface area contributed by atoms with Crippen LogP contribution in [-0.4, -0.2) is 44.9 Å². The number of ether oxygens (including phenoxy) is 1. The zero-order valence-corrected chi connectivity index (χ0v) is 19.9. The van der Waals surface area contributed by atoms with Crippen molar-refractivity contribution in [2.45, 2.75) is 11.4 Å². The smallest absolute Gasteiger partial charge is 0.264 e. The lowest BCUT2D eigenvalue weighted by atomic mass is 10.2. The van der Waals surface area contributed by atoms with Crippen LogP contribution in [0.5, 0.6) is 5.75 Å². The fourth-order valence-electron chi connectivity index (χ4n) is 3.25. The van der Waals surface area contributed by atoms with E-state index in [-0.39, 0.29) is 28.6 Å². The van der Waals surface area contributed by atoms with Gasteiger partial charge in [0.25, 0.3) is 15.9 Å². The number of amides is 1. The minimum absolute atomic E-state index is 0.00813. The Bertz CT molecular complexity index is 1250. The van der Waals surface area contributed by atoms with Gasteiger partial charge in [-0.05, 0) is 42.5 Å². The van der Waals surface area contributed by atoms with Crippen molar-refractivity contribution in [3.63, 3.8) is 0 Å². The van der Waals surface area contributed by atoms with E-state index in [1.807, 2.05) is 6.07 Å². The zero-order chi connectivity index (χ0) is 24.0. The summed E-state index contributed by atoms with van der Waals surface area (Å²) in [5.74, 6) is -0.0291. The molecule has 1 heterocycles. The Balaban J connectivity index is 1.99. The molecule has 0 aliphatic carbocycles. The maximum atomic E-state index is 13.6. The number of benzene rings is 2. The third-order valence-corrected chi connectivity index (χ3v) is 6.98. The Morgan fingerprint density at radius 2 is 1.88 bits per heavy atom. The lowest BCUT2D eigenvalue weighted by Crippen LogP contribution is -2.32. The summed E-state index contributed by atoms with van der Waals surface area (Å²) in [6, 6.07) is 16.3. The van der Waals surface area contributed by atoms with E-state index in [1.165, 1.54) is 40.6 Å². The quantitative estimate of drug-likeness (QED) is 0.420. The van der Waals surface area contributed by atoms with Crippen LogP contribution < -0.4 is 9.04 Å². The second-order valence-corrected chi connectivity index (χ2v) is 9.39. The molecule has 172 valence electrons. The maximum Gasteiger partial charge on any atom is 0.264 e. The van der Waals surface area contributed by atoms with Gasteiger partial charge in [0.2, 0.25) is 0 Å². The molecule has 0 N–H and O–H groups in total. The van der Waals surface area contributed by atoms with Crippen molar-refractivity contribution < 1.29 is 17.9 Å². The number of carbonyl (C=O) groups is 1. The fraction of sp³-hybridized carbons (Fsp3) is 0.167. The van der Waals surface area contributed by atoms with Crippen LogP contribution in [0.4, 0.5) is 5.69 Å². The maximum absolute atomic E-state index is 13.6. The van der Waals surface area contributed by atoms with Crippen LogP contribution in [0.3, 0.4) is 0 Å². The number of pyridine rings is 1. The average Bonchev–Trinajstić information content (AvgIpc) is 2.82. The van der Waals surface area contributed by atoms with Crippen molar-refractivity contribution in [3.05, 3.63) is 95.8 Å². The summed E-state index contributed by atoms with van der Waals surface area (Å²) >= 11 is 6.29. The van der Waals surface area contributed by atoms with Crippen molar-refractivity contribution in [1.82, 2.24) is 9.88 Å². The molecule has 0 spiro atoms. The molecule has 3 aromatic rings. The predicted octanol–water partition coefficient (Wildman–Crippen LogP) is 4.40. The van der Waals surface area contributed by atoms with Gasteiger partial charge in [-0.3, -0.25) is 14.1 Å². The molecule has 1 aromatic heterocycles. The SMILES string of the molecule is C=CCN(c1ccccc1OC)S(=O)(=O)c1ccc(Cl)c(C(=O)N(C)Cc2ccccn2)c1. The number of nitrogens with zero attached hydrogens (tertiary/aromatic N) is 3. The summed E-state index contributed by atoms with van der Waals surface area (Å²) < 4.78 is 33.7. The summed E-state index contributed by atoms with van der Waals surface area (Å²) in [5.41, 5.74) is 1.13. The third-order valence-electron chi connectivity index (χ3n) is 4.88. The molecule has 0 fully saturated rings. The Morgan fingerprint density at radius 3 is 2.55 bits per heavy atom. The summed E-state index contributed by atoms with van der Waals surface area (Å²) in [4.78, 5) is 18.7. The Labute approximate surface area is 198 Å². The number of rotatable bonds is 9. The molecule has 0 atom stereocenters. The standard InChI is InChI=1S/C24H24ClN3O4S/c1-4-15-28(22-10-5-6-11-23(22)32-3)33(30,31)19-12-13-21(25)20(16-19)24(29)27(2)17-18-9-7-8-14-26-18/h4-14,16H,1,15,17H2,2-3H3. The number of para-hydroxylation sites is 2. The predicted molar refractivity (Wildman–Crippen MR) is 129 cm³/mol. The van der Waals surface area contributed by atoms with E-state index in [9.17, 15) is 13.2 Å². The zero-order valence-electron chi connectivity index (χ0n) is 18.3.